The minimum absolute atomic E-state index is 0.401. The average molecular weight is 256 g/mol. The van der Waals surface area contributed by atoms with Gasteiger partial charge in [-0.05, 0) is 44.0 Å². The molecule has 0 spiro atoms. The molecule has 1 N–H and O–H groups in total. The highest BCUT2D eigenvalue weighted by atomic mass is 35.5. The summed E-state index contributed by atoms with van der Waals surface area (Å²) in [5.74, 6) is 0. The largest absolute Gasteiger partial charge is 0.382 e. The zero-order valence-corrected chi connectivity index (χ0v) is 11.5. The number of benzene rings is 1. The predicted octanol–water partition coefficient (Wildman–Crippen LogP) is 3.81. The van der Waals surface area contributed by atoms with Crippen molar-refractivity contribution in [3.8, 4) is 0 Å². The van der Waals surface area contributed by atoms with E-state index in [0.29, 0.717) is 6.04 Å². The summed E-state index contributed by atoms with van der Waals surface area (Å²) in [6, 6.07) is 8.48. The third kappa shape index (κ3) is 5.53. The van der Waals surface area contributed by atoms with Crippen LogP contribution in [0, 0.1) is 0 Å². The van der Waals surface area contributed by atoms with Crippen molar-refractivity contribution in [2.24, 2.45) is 0 Å². The molecule has 1 atom stereocenters. The number of ether oxygens (including phenoxy) is 1. The van der Waals surface area contributed by atoms with Crippen molar-refractivity contribution in [1.29, 1.82) is 0 Å². The van der Waals surface area contributed by atoms with E-state index in [9.17, 15) is 0 Å². The van der Waals surface area contributed by atoms with Crippen molar-refractivity contribution in [3.63, 3.8) is 0 Å². The lowest BCUT2D eigenvalue weighted by molar-refractivity contribution is 0.141. The van der Waals surface area contributed by atoms with E-state index in [2.05, 4.69) is 24.4 Å². The molecule has 2 nitrogen and oxygen atoms in total. The molecule has 1 aromatic rings. The van der Waals surface area contributed by atoms with Crippen molar-refractivity contribution in [3.05, 3.63) is 34.9 Å². The fourth-order valence-corrected chi connectivity index (χ4v) is 1.99. The van der Waals surface area contributed by atoms with Crippen molar-refractivity contribution in [2.75, 3.05) is 19.8 Å². The maximum atomic E-state index is 5.90. The second-order valence-corrected chi connectivity index (χ2v) is 4.44. The normalized spacial score (nSPS) is 12.6. The Morgan fingerprint density at radius 3 is 2.53 bits per heavy atom. The molecule has 0 saturated carbocycles. The topological polar surface area (TPSA) is 21.3 Å². The van der Waals surface area contributed by atoms with Crippen LogP contribution in [0.25, 0.3) is 0 Å². The van der Waals surface area contributed by atoms with E-state index in [1.807, 2.05) is 19.1 Å². The molecule has 0 saturated heterocycles. The highest BCUT2D eigenvalue weighted by Gasteiger charge is 2.09. The van der Waals surface area contributed by atoms with E-state index in [0.717, 1.165) is 37.6 Å². The Hall–Kier alpha value is -0.570. The van der Waals surface area contributed by atoms with Gasteiger partial charge in [0.25, 0.3) is 0 Å². The van der Waals surface area contributed by atoms with Gasteiger partial charge in [0.15, 0.2) is 0 Å². The average Bonchev–Trinajstić information content (AvgIpc) is 2.34. The van der Waals surface area contributed by atoms with Gasteiger partial charge in [-0.15, -0.1) is 0 Å². The monoisotopic (exact) mass is 255 g/mol. The molecule has 0 aromatic heterocycles. The highest BCUT2D eigenvalue weighted by molar-refractivity contribution is 6.30. The van der Waals surface area contributed by atoms with E-state index < -0.39 is 0 Å². The molecule has 1 unspecified atom stereocenters. The summed E-state index contributed by atoms with van der Waals surface area (Å²) in [7, 11) is 0. The predicted molar refractivity (Wildman–Crippen MR) is 73.6 cm³/mol. The summed E-state index contributed by atoms with van der Waals surface area (Å²) in [5, 5.41) is 4.29. The van der Waals surface area contributed by atoms with E-state index in [1.54, 1.807) is 0 Å². The molecule has 1 rings (SSSR count). The zero-order valence-electron chi connectivity index (χ0n) is 10.7. The molecule has 0 radical (unpaired) electrons. The molecular formula is C14H22ClNO. The molecule has 1 aromatic carbocycles. The fraction of sp³-hybridized carbons (Fsp3) is 0.571. The van der Waals surface area contributed by atoms with Crippen LogP contribution in [0.15, 0.2) is 24.3 Å². The Morgan fingerprint density at radius 2 is 1.94 bits per heavy atom. The first kappa shape index (κ1) is 14.5. The Balaban J connectivity index is 2.49. The van der Waals surface area contributed by atoms with Crippen LogP contribution in [0.3, 0.4) is 0 Å². The van der Waals surface area contributed by atoms with Gasteiger partial charge >= 0.3 is 0 Å². The molecule has 17 heavy (non-hydrogen) atoms. The van der Waals surface area contributed by atoms with Crippen LogP contribution in [-0.2, 0) is 4.74 Å². The number of halogens is 1. The van der Waals surface area contributed by atoms with Crippen LogP contribution in [0.4, 0.5) is 0 Å². The molecule has 0 fully saturated rings. The third-order valence-corrected chi connectivity index (χ3v) is 2.96. The first-order chi connectivity index (χ1) is 8.27. The zero-order chi connectivity index (χ0) is 12.5. The van der Waals surface area contributed by atoms with Crippen LogP contribution < -0.4 is 5.32 Å². The summed E-state index contributed by atoms with van der Waals surface area (Å²) in [6.45, 7) is 6.77. The van der Waals surface area contributed by atoms with E-state index >= 15 is 0 Å². The summed E-state index contributed by atoms with van der Waals surface area (Å²) >= 11 is 5.90. The lowest BCUT2D eigenvalue weighted by atomic mass is 10.0. The fourth-order valence-electron chi connectivity index (χ4n) is 1.86. The molecule has 0 aliphatic carbocycles. The second kappa shape index (κ2) is 8.51. The maximum absolute atomic E-state index is 5.90. The van der Waals surface area contributed by atoms with Gasteiger partial charge in [0.2, 0.25) is 0 Å². The number of hydrogen-bond donors (Lipinski definition) is 1. The Bertz CT molecular complexity index is 300. The SMILES string of the molecule is CCNC(CCCOCC)c1ccc(Cl)cc1. The van der Waals surface area contributed by atoms with Crippen molar-refractivity contribution in [1.82, 2.24) is 5.32 Å². The molecule has 96 valence electrons. The van der Waals surface area contributed by atoms with Crippen molar-refractivity contribution in [2.45, 2.75) is 32.7 Å². The van der Waals surface area contributed by atoms with E-state index in [-0.39, 0.29) is 0 Å². The lowest BCUT2D eigenvalue weighted by Crippen LogP contribution is -2.21. The van der Waals surface area contributed by atoms with E-state index in [1.165, 1.54) is 5.56 Å². The summed E-state index contributed by atoms with van der Waals surface area (Å²) in [5.41, 5.74) is 1.30. The quantitative estimate of drug-likeness (QED) is 0.714. The van der Waals surface area contributed by atoms with Crippen LogP contribution >= 0.6 is 11.6 Å². The van der Waals surface area contributed by atoms with Crippen LogP contribution in [0.1, 0.15) is 38.3 Å². The summed E-state index contributed by atoms with van der Waals surface area (Å²) < 4.78 is 5.37. The molecule has 0 heterocycles. The number of rotatable bonds is 8. The Labute approximate surface area is 109 Å². The molecular weight excluding hydrogens is 234 g/mol. The summed E-state index contributed by atoms with van der Waals surface area (Å²) in [4.78, 5) is 0. The van der Waals surface area contributed by atoms with Crippen LogP contribution in [0.5, 0.6) is 0 Å². The van der Waals surface area contributed by atoms with Gasteiger partial charge in [0.1, 0.15) is 0 Å². The molecule has 0 bridgehead atoms. The molecule has 0 aliphatic rings. The molecule has 0 amide bonds. The minimum Gasteiger partial charge on any atom is -0.382 e. The van der Waals surface area contributed by atoms with Crippen molar-refractivity contribution >= 4 is 11.6 Å². The Morgan fingerprint density at radius 1 is 1.24 bits per heavy atom. The standard InChI is InChI=1S/C14H22ClNO/c1-3-16-14(6-5-11-17-4-2)12-7-9-13(15)10-8-12/h7-10,14,16H,3-6,11H2,1-2H3. The van der Waals surface area contributed by atoms with E-state index in [4.69, 9.17) is 16.3 Å². The summed E-state index contributed by atoms with van der Waals surface area (Å²) in [6.07, 6.45) is 2.17. The van der Waals surface area contributed by atoms with Gasteiger partial charge in [-0.1, -0.05) is 30.7 Å². The first-order valence-electron chi connectivity index (χ1n) is 6.34. The first-order valence-corrected chi connectivity index (χ1v) is 6.72. The number of nitrogens with one attached hydrogen (secondary N) is 1. The van der Waals surface area contributed by atoms with Crippen molar-refractivity contribution < 1.29 is 4.74 Å². The minimum atomic E-state index is 0.401. The molecule has 0 aliphatic heterocycles. The third-order valence-electron chi connectivity index (χ3n) is 2.71. The Kier molecular flexibility index (Phi) is 7.25. The lowest BCUT2D eigenvalue weighted by Gasteiger charge is -2.18. The van der Waals surface area contributed by atoms with Gasteiger partial charge < -0.3 is 10.1 Å². The number of hydrogen-bond acceptors (Lipinski definition) is 2. The molecule has 3 heteroatoms. The smallest absolute Gasteiger partial charge is 0.0466 e. The van der Waals surface area contributed by atoms with Gasteiger partial charge in [-0.2, -0.15) is 0 Å². The van der Waals surface area contributed by atoms with Gasteiger partial charge in [0.05, 0.1) is 0 Å². The van der Waals surface area contributed by atoms with Crippen LogP contribution in [0.2, 0.25) is 5.02 Å². The van der Waals surface area contributed by atoms with Gasteiger partial charge in [-0.3, -0.25) is 0 Å². The second-order valence-electron chi connectivity index (χ2n) is 4.00. The highest BCUT2D eigenvalue weighted by Crippen LogP contribution is 2.20. The van der Waals surface area contributed by atoms with Gasteiger partial charge in [-0.25, -0.2) is 0 Å². The van der Waals surface area contributed by atoms with Crippen LogP contribution in [-0.4, -0.2) is 19.8 Å². The van der Waals surface area contributed by atoms with Gasteiger partial charge in [0, 0.05) is 24.3 Å². The maximum Gasteiger partial charge on any atom is 0.0466 e.